The highest BCUT2D eigenvalue weighted by Gasteiger charge is 2.31. The number of benzene rings is 2. The number of carbonyl (C=O) groups is 1. The number of carbonyl (C=O) groups excluding carboxylic acids is 1. The number of nitrogens with zero attached hydrogens (tertiary/aromatic N) is 6. The summed E-state index contributed by atoms with van der Waals surface area (Å²) < 4.78 is 6.35. The zero-order chi connectivity index (χ0) is 28.5. The summed E-state index contributed by atoms with van der Waals surface area (Å²) in [5, 5.41) is 12.6. The third kappa shape index (κ3) is 5.55. The number of hydrogen-bond donors (Lipinski definition) is 1. The van der Waals surface area contributed by atoms with E-state index in [1.807, 2.05) is 35.2 Å². The molecule has 0 saturated carbocycles. The number of aromatic nitrogens is 2. The minimum absolute atomic E-state index is 0.0290. The first-order chi connectivity index (χ1) is 19.9. The lowest BCUT2D eigenvalue weighted by Gasteiger charge is -2.38. The molecule has 0 bridgehead atoms. The van der Waals surface area contributed by atoms with Crippen LogP contribution in [0.4, 0.5) is 11.5 Å². The number of likely N-dealkylation sites (tertiary alicyclic amines) is 1. The predicted octanol–water partition coefficient (Wildman–Crippen LogP) is 3.98. The fourth-order valence-electron chi connectivity index (χ4n) is 6.61. The molecule has 2 aromatic carbocycles. The molecule has 0 aliphatic carbocycles. The van der Waals surface area contributed by atoms with Crippen LogP contribution in [-0.4, -0.2) is 88.7 Å². The maximum Gasteiger partial charge on any atom is 0.318 e. The molecule has 9 nitrogen and oxygen atoms in total. The number of hydrogen-bond acceptors (Lipinski definition) is 8. The van der Waals surface area contributed by atoms with Crippen LogP contribution in [0, 0.1) is 0 Å². The predicted molar refractivity (Wildman–Crippen MR) is 162 cm³/mol. The smallest absolute Gasteiger partial charge is 0.318 e. The second-order valence-corrected chi connectivity index (χ2v) is 11.6. The lowest BCUT2D eigenvalue weighted by molar-refractivity contribution is -0.126. The van der Waals surface area contributed by atoms with Gasteiger partial charge in [0.15, 0.2) is 0 Å². The molecule has 3 aromatic rings. The standard InChI is InChI=1S/C32H40N6O3/c1-4-30(40)35-14-16-36(17-15-35)31-27-11-13-37(29-19-25(39)18-23-8-5-6-10-26(23)29)20-28(27)33-32(34-31)41-21-24-9-7-12-38(24)22(2)3/h4-6,8,10,18-19,22,24,39H,1,7,9,11-17,20-21H2,2-3H3/t24-/m0/s1. The maximum absolute atomic E-state index is 12.2. The number of anilines is 2. The molecule has 6 rings (SSSR count). The largest absolute Gasteiger partial charge is 0.508 e. The highest BCUT2D eigenvalue weighted by molar-refractivity contribution is 5.95. The molecule has 1 aromatic heterocycles. The van der Waals surface area contributed by atoms with Crippen LogP contribution < -0.4 is 14.5 Å². The van der Waals surface area contributed by atoms with Gasteiger partial charge in [-0.25, -0.2) is 0 Å². The molecule has 2 saturated heterocycles. The Kier molecular flexibility index (Phi) is 7.71. The Morgan fingerprint density at radius 2 is 1.90 bits per heavy atom. The van der Waals surface area contributed by atoms with Crippen LogP contribution in [0.3, 0.4) is 0 Å². The maximum atomic E-state index is 12.2. The second-order valence-electron chi connectivity index (χ2n) is 11.6. The van der Waals surface area contributed by atoms with Crippen molar-refractivity contribution in [3.8, 4) is 11.8 Å². The summed E-state index contributed by atoms with van der Waals surface area (Å²) in [7, 11) is 0. The van der Waals surface area contributed by atoms with Crippen molar-refractivity contribution in [2.45, 2.75) is 51.7 Å². The third-order valence-electron chi connectivity index (χ3n) is 8.74. The third-order valence-corrected chi connectivity index (χ3v) is 8.74. The summed E-state index contributed by atoms with van der Waals surface area (Å²) in [6.07, 6.45) is 4.47. The molecule has 4 heterocycles. The van der Waals surface area contributed by atoms with Gasteiger partial charge < -0.3 is 24.5 Å². The molecule has 0 radical (unpaired) electrons. The van der Waals surface area contributed by atoms with E-state index in [4.69, 9.17) is 14.7 Å². The minimum Gasteiger partial charge on any atom is -0.508 e. The van der Waals surface area contributed by atoms with Crippen LogP contribution in [0.25, 0.3) is 10.8 Å². The van der Waals surface area contributed by atoms with Gasteiger partial charge in [-0.05, 0) is 57.2 Å². The van der Waals surface area contributed by atoms with Crippen molar-refractivity contribution in [3.05, 3.63) is 60.3 Å². The molecule has 1 atom stereocenters. The summed E-state index contributed by atoms with van der Waals surface area (Å²) in [6, 6.07) is 13.1. The number of ether oxygens (including phenoxy) is 1. The molecule has 0 spiro atoms. The normalized spacial score (nSPS) is 19.6. The van der Waals surface area contributed by atoms with Crippen molar-refractivity contribution >= 4 is 28.2 Å². The fourth-order valence-corrected chi connectivity index (χ4v) is 6.61. The van der Waals surface area contributed by atoms with Crippen LogP contribution in [-0.2, 0) is 17.8 Å². The van der Waals surface area contributed by atoms with Gasteiger partial charge in [-0.2, -0.15) is 9.97 Å². The molecule has 1 N–H and O–H groups in total. The first kappa shape index (κ1) is 27.3. The Bertz CT molecular complexity index is 1430. The van der Waals surface area contributed by atoms with E-state index in [-0.39, 0.29) is 11.7 Å². The Hall–Kier alpha value is -3.85. The molecule has 1 amide bonds. The molecule has 0 unspecified atom stereocenters. The van der Waals surface area contributed by atoms with Crippen molar-refractivity contribution < 1.29 is 14.6 Å². The van der Waals surface area contributed by atoms with Gasteiger partial charge in [-0.1, -0.05) is 30.8 Å². The van der Waals surface area contributed by atoms with Gasteiger partial charge in [0.1, 0.15) is 18.2 Å². The number of phenolic OH excluding ortho intramolecular Hbond substituents is 1. The van der Waals surface area contributed by atoms with Crippen LogP contribution in [0.1, 0.15) is 37.9 Å². The van der Waals surface area contributed by atoms with Crippen molar-refractivity contribution in [1.82, 2.24) is 19.8 Å². The van der Waals surface area contributed by atoms with Gasteiger partial charge in [0, 0.05) is 67.5 Å². The van der Waals surface area contributed by atoms with E-state index in [1.165, 1.54) is 12.5 Å². The van der Waals surface area contributed by atoms with E-state index in [0.29, 0.717) is 57.4 Å². The summed E-state index contributed by atoms with van der Waals surface area (Å²) in [5.74, 6) is 1.15. The van der Waals surface area contributed by atoms with Gasteiger partial charge in [0.2, 0.25) is 5.91 Å². The van der Waals surface area contributed by atoms with Crippen LogP contribution in [0.15, 0.2) is 49.1 Å². The zero-order valence-electron chi connectivity index (χ0n) is 24.1. The van der Waals surface area contributed by atoms with Crippen molar-refractivity contribution in [2.75, 3.05) is 55.7 Å². The monoisotopic (exact) mass is 556 g/mol. The first-order valence-corrected chi connectivity index (χ1v) is 14.8. The molecule has 9 heteroatoms. The summed E-state index contributed by atoms with van der Waals surface area (Å²) >= 11 is 0. The highest BCUT2D eigenvalue weighted by atomic mass is 16.5. The molecule has 2 fully saturated rings. The summed E-state index contributed by atoms with van der Waals surface area (Å²) in [6.45, 7) is 13.8. The van der Waals surface area contributed by atoms with Crippen molar-refractivity contribution in [1.29, 1.82) is 0 Å². The van der Waals surface area contributed by atoms with E-state index in [1.54, 1.807) is 0 Å². The molecular formula is C32H40N6O3. The quantitative estimate of drug-likeness (QED) is 0.438. The fraction of sp³-hybridized carbons (Fsp3) is 0.469. The SMILES string of the molecule is C=CC(=O)N1CCN(c2nc(OC[C@@H]3CCCN3C(C)C)nc3c2CCN(c2cc(O)cc4ccccc24)C3)CC1. The Morgan fingerprint density at radius 1 is 1.10 bits per heavy atom. The second kappa shape index (κ2) is 11.6. The lowest BCUT2D eigenvalue weighted by Crippen LogP contribution is -2.49. The van der Waals surface area contributed by atoms with E-state index < -0.39 is 0 Å². The van der Waals surface area contributed by atoms with E-state index >= 15 is 0 Å². The highest BCUT2D eigenvalue weighted by Crippen LogP contribution is 2.36. The Balaban J connectivity index is 1.30. The van der Waals surface area contributed by atoms with E-state index in [0.717, 1.165) is 59.5 Å². The van der Waals surface area contributed by atoms with Gasteiger partial charge >= 0.3 is 6.01 Å². The molecule has 216 valence electrons. The average molecular weight is 557 g/mol. The van der Waals surface area contributed by atoms with E-state index in [9.17, 15) is 9.90 Å². The van der Waals surface area contributed by atoms with Crippen molar-refractivity contribution in [3.63, 3.8) is 0 Å². The lowest BCUT2D eigenvalue weighted by atomic mass is 10.0. The number of aromatic hydroxyl groups is 1. The number of fused-ring (bicyclic) bond motifs is 2. The Labute approximate surface area is 242 Å². The Morgan fingerprint density at radius 3 is 2.68 bits per heavy atom. The topological polar surface area (TPSA) is 85.3 Å². The first-order valence-electron chi connectivity index (χ1n) is 14.8. The molecular weight excluding hydrogens is 516 g/mol. The zero-order valence-corrected chi connectivity index (χ0v) is 24.1. The van der Waals surface area contributed by atoms with Crippen LogP contribution in [0.2, 0.25) is 0 Å². The van der Waals surface area contributed by atoms with Gasteiger partial charge in [-0.3, -0.25) is 9.69 Å². The number of rotatable bonds is 7. The number of piperazine rings is 1. The number of amides is 1. The van der Waals surface area contributed by atoms with Gasteiger partial charge in [0.05, 0.1) is 12.2 Å². The summed E-state index contributed by atoms with van der Waals surface area (Å²) in [4.78, 5) is 31.1. The summed E-state index contributed by atoms with van der Waals surface area (Å²) in [5.41, 5.74) is 3.11. The molecule has 3 aliphatic rings. The van der Waals surface area contributed by atoms with E-state index in [2.05, 4.69) is 41.2 Å². The molecule has 41 heavy (non-hydrogen) atoms. The molecule has 3 aliphatic heterocycles. The van der Waals surface area contributed by atoms with Crippen molar-refractivity contribution in [2.24, 2.45) is 0 Å². The minimum atomic E-state index is -0.0290. The van der Waals surface area contributed by atoms with Gasteiger partial charge in [0.25, 0.3) is 0 Å². The van der Waals surface area contributed by atoms with Crippen LogP contribution >= 0.6 is 0 Å². The van der Waals surface area contributed by atoms with Crippen LogP contribution in [0.5, 0.6) is 11.8 Å². The average Bonchev–Trinajstić information content (AvgIpc) is 3.48. The number of phenols is 1. The van der Waals surface area contributed by atoms with Gasteiger partial charge in [-0.15, -0.1) is 0 Å².